The number of carboxylic acids is 1. The van der Waals surface area contributed by atoms with Gasteiger partial charge in [-0.2, -0.15) is 0 Å². The van der Waals surface area contributed by atoms with Crippen LogP contribution in [0.1, 0.15) is 39.0 Å². The van der Waals surface area contributed by atoms with Crippen LogP contribution in [-0.2, 0) is 14.4 Å². The Morgan fingerprint density at radius 3 is 2.19 bits per heavy atom. The van der Waals surface area contributed by atoms with E-state index < -0.39 is 5.97 Å². The third-order valence-electron chi connectivity index (χ3n) is 4.21. The van der Waals surface area contributed by atoms with E-state index >= 15 is 0 Å². The molecule has 0 aromatic heterocycles. The van der Waals surface area contributed by atoms with Gasteiger partial charge in [0.1, 0.15) is 6.54 Å². The van der Waals surface area contributed by atoms with Gasteiger partial charge in [-0.15, -0.1) is 0 Å². The van der Waals surface area contributed by atoms with Crippen molar-refractivity contribution in [2.75, 3.05) is 26.2 Å². The zero-order valence-corrected chi connectivity index (χ0v) is 12.6. The van der Waals surface area contributed by atoms with Crippen LogP contribution >= 0.6 is 0 Å². The summed E-state index contributed by atoms with van der Waals surface area (Å²) in [7, 11) is 0. The highest BCUT2D eigenvalue weighted by atomic mass is 16.4. The Morgan fingerprint density at radius 1 is 1.10 bits per heavy atom. The second kappa shape index (κ2) is 6.91. The number of carbonyl (C=O) groups is 3. The highest BCUT2D eigenvalue weighted by Crippen LogP contribution is 2.32. The minimum Gasteiger partial charge on any atom is -0.480 e. The van der Waals surface area contributed by atoms with Crippen LogP contribution in [-0.4, -0.2) is 58.9 Å². The van der Waals surface area contributed by atoms with Crippen LogP contribution in [0.15, 0.2) is 0 Å². The van der Waals surface area contributed by atoms with E-state index in [2.05, 4.69) is 0 Å². The van der Waals surface area contributed by atoms with Crippen LogP contribution in [0.3, 0.4) is 0 Å². The van der Waals surface area contributed by atoms with E-state index in [0.29, 0.717) is 32.5 Å². The first-order valence-electron chi connectivity index (χ1n) is 7.82. The van der Waals surface area contributed by atoms with Crippen LogP contribution < -0.4 is 0 Å². The van der Waals surface area contributed by atoms with E-state index in [9.17, 15) is 14.4 Å². The second-order valence-corrected chi connectivity index (χ2v) is 6.03. The number of amides is 2. The summed E-state index contributed by atoms with van der Waals surface area (Å²) in [6.07, 6.45) is 4.05. The Labute approximate surface area is 125 Å². The van der Waals surface area contributed by atoms with E-state index in [4.69, 9.17) is 5.11 Å². The Bertz CT molecular complexity index is 412. The summed E-state index contributed by atoms with van der Waals surface area (Å²) in [5, 5.41) is 8.89. The van der Waals surface area contributed by atoms with Gasteiger partial charge >= 0.3 is 5.97 Å². The summed E-state index contributed by atoms with van der Waals surface area (Å²) in [6.45, 7) is 3.43. The van der Waals surface area contributed by atoms with Crippen molar-refractivity contribution in [2.45, 2.75) is 39.0 Å². The second-order valence-electron chi connectivity index (χ2n) is 6.03. The average Bonchev–Trinajstić information content (AvgIpc) is 3.30. The highest BCUT2D eigenvalue weighted by Gasteiger charge is 2.36. The molecule has 1 saturated carbocycles. The van der Waals surface area contributed by atoms with Gasteiger partial charge in [-0.05, 0) is 32.1 Å². The number of carbonyl (C=O) groups excluding carboxylic acids is 2. The first-order valence-corrected chi connectivity index (χ1v) is 7.82. The topological polar surface area (TPSA) is 77.9 Å². The number of hydrogen-bond acceptors (Lipinski definition) is 3. The largest absolute Gasteiger partial charge is 0.480 e. The lowest BCUT2D eigenvalue weighted by atomic mass is 9.94. The van der Waals surface area contributed by atoms with Gasteiger partial charge in [-0.3, -0.25) is 14.4 Å². The molecule has 2 fully saturated rings. The van der Waals surface area contributed by atoms with Crippen molar-refractivity contribution in [1.82, 2.24) is 9.80 Å². The van der Waals surface area contributed by atoms with Gasteiger partial charge in [0, 0.05) is 31.5 Å². The fourth-order valence-electron chi connectivity index (χ4n) is 2.89. The van der Waals surface area contributed by atoms with Crippen LogP contribution in [0.25, 0.3) is 0 Å². The van der Waals surface area contributed by atoms with Gasteiger partial charge in [-0.1, -0.05) is 6.92 Å². The highest BCUT2D eigenvalue weighted by molar-refractivity contribution is 5.84. The summed E-state index contributed by atoms with van der Waals surface area (Å²) < 4.78 is 0. The Hall–Kier alpha value is -1.59. The molecule has 118 valence electrons. The van der Waals surface area contributed by atoms with E-state index in [0.717, 1.165) is 19.3 Å². The van der Waals surface area contributed by atoms with Crippen LogP contribution in [0, 0.1) is 11.8 Å². The lowest BCUT2D eigenvalue weighted by molar-refractivity contribution is -0.147. The molecular weight excluding hydrogens is 272 g/mol. The fraction of sp³-hybridized carbons (Fsp3) is 0.800. The summed E-state index contributed by atoms with van der Waals surface area (Å²) in [6, 6.07) is 0. The smallest absolute Gasteiger partial charge is 0.323 e. The molecule has 2 amide bonds. The molecule has 1 aliphatic carbocycles. The predicted molar refractivity (Wildman–Crippen MR) is 76.5 cm³/mol. The number of likely N-dealkylation sites (tertiary alicyclic amines) is 1. The van der Waals surface area contributed by atoms with Gasteiger partial charge < -0.3 is 14.9 Å². The Kier molecular flexibility index (Phi) is 5.20. The molecular formula is C15H24N2O4. The number of piperidine rings is 1. The lowest BCUT2D eigenvalue weighted by Crippen LogP contribution is -2.46. The van der Waals surface area contributed by atoms with Crippen molar-refractivity contribution in [3.63, 3.8) is 0 Å². The third kappa shape index (κ3) is 4.19. The zero-order valence-electron chi connectivity index (χ0n) is 12.6. The minimum absolute atomic E-state index is 0.0715. The van der Waals surface area contributed by atoms with Gasteiger partial charge in [0.15, 0.2) is 0 Å². The van der Waals surface area contributed by atoms with Crippen molar-refractivity contribution in [1.29, 1.82) is 0 Å². The monoisotopic (exact) mass is 296 g/mol. The van der Waals surface area contributed by atoms with Crippen LogP contribution in [0.2, 0.25) is 0 Å². The Morgan fingerprint density at radius 2 is 1.71 bits per heavy atom. The molecule has 0 radical (unpaired) electrons. The molecule has 0 aromatic rings. The Balaban J connectivity index is 1.85. The first kappa shape index (κ1) is 15.8. The van der Waals surface area contributed by atoms with Gasteiger partial charge in [-0.25, -0.2) is 0 Å². The molecule has 1 N–H and O–H groups in total. The van der Waals surface area contributed by atoms with Gasteiger partial charge in [0.2, 0.25) is 11.8 Å². The maximum atomic E-state index is 12.4. The van der Waals surface area contributed by atoms with E-state index in [1.54, 1.807) is 0 Å². The quantitative estimate of drug-likeness (QED) is 0.792. The molecule has 21 heavy (non-hydrogen) atoms. The molecule has 0 bridgehead atoms. The molecule has 1 heterocycles. The lowest BCUT2D eigenvalue weighted by Gasteiger charge is -2.34. The van der Waals surface area contributed by atoms with Gasteiger partial charge in [0.05, 0.1) is 0 Å². The van der Waals surface area contributed by atoms with E-state index in [1.807, 2.05) is 11.8 Å². The standard InChI is InChI=1S/C15H24N2O4/c1-2-7-17(10-13(18)19)15(21)12-5-8-16(9-6-12)14(20)11-3-4-11/h11-12H,2-10H2,1H3,(H,18,19). The summed E-state index contributed by atoms with van der Waals surface area (Å²) in [4.78, 5) is 38.5. The molecule has 6 heteroatoms. The maximum Gasteiger partial charge on any atom is 0.323 e. The normalized spacial score (nSPS) is 19.4. The molecule has 0 aromatic carbocycles. The van der Waals surface area contributed by atoms with Gasteiger partial charge in [0.25, 0.3) is 0 Å². The number of carboxylic acid groups (broad SMARTS) is 1. The maximum absolute atomic E-state index is 12.4. The number of hydrogen-bond donors (Lipinski definition) is 1. The number of rotatable bonds is 6. The summed E-state index contributed by atoms with van der Waals surface area (Å²) in [5.74, 6) is -0.729. The summed E-state index contributed by atoms with van der Waals surface area (Å²) >= 11 is 0. The molecule has 0 spiro atoms. The average molecular weight is 296 g/mol. The van der Waals surface area contributed by atoms with Crippen LogP contribution in [0.4, 0.5) is 0 Å². The van der Waals surface area contributed by atoms with E-state index in [1.165, 1.54) is 4.90 Å². The predicted octanol–water partition coefficient (Wildman–Crippen LogP) is 0.958. The molecule has 0 atom stereocenters. The first-order chi connectivity index (χ1) is 10.0. The van der Waals surface area contributed by atoms with Crippen molar-refractivity contribution >= 4 is 17.8 Å². The molecule has 1 saturated heterocycles. The third-order valence-corrected chi connectivity index (χ3v) is 4.21. The minimum atomic E-state index is -0.974. The SMILES string of the molecule is CCCN(CC(=O)O)C(=O)C1CCN(C(=O)C2CC2)CC1. The molecule has 1 aliphatic heterocycles. The molecule has 0 unspecified atom stereocenters. The van der Waals surface area contributed by atoms with E-state index in [-0.39, 0.29) is 30.2 Å². The van der Waals surface area contributed by atoms with Crippen molar-refractivity contribution in [3.05, 3.63) is 0 Å². The van der Waals surface area contributed by atoms with Crippen molar-refractivity contribution < 1.29 is 19.5 Å². The number of nitrogens with zero attached hydrogens (tertiary/aromatic N) is 2. The van der Waals surface area contributed by atoms with Crippen LogP contribution in [0.5, 0.6) is 0 Å². The zero-order chi connectivity index (χ0) is 15.4. The number of aliphatic carboxylic acids is 1. The van der Waals surface area contributed by atoms with Crippen molar-refractivity contribution in [2.24, 2.45) is 11.8 Å². The van der Waals surface area contributed by atoms with Crippen molar-refractivity contribution in [3.8, 4) is 0 Å². The summed E-state index contributed by atoms with van der Waals surface area (Å²) in [5.41, 5.74) is 0. The molecule has 2 rings (SSSR count). The molecule has 2 aliphatic rings. The fourth-order valence-corrected chi connectivity index (χ4v) is 2.89. The molecule has 6 nitrogen and oxygen atoms in total.